The average Bonchev–Trinajstić information content (AvgIpc) is 3.08. The van der Waals surface area contributed by atoms with E-state index in [1.54, 1.807) is 0 Å². The first kappa shape index (κ1) is 13.0. The van der Waals surface area contributed by atoms with Crippen LogP contribution in [0.15, 0.2) is 24.3 Å². The van der Waals surface area contributed by atoms with Gasteiger partial charge in [-0.3, -0.25) is 0 Å². The normalized spacial score (nSPS) is 24.6. The van der Waals surface area contributed by atoms with Crippen molar-refractivity contribution in [1.29, 1.82) is 0 Å². The van der Waals surface area contributed by atoms with Crippen LogP contribution in [0, 0.1) is 5.41 Å². The van der Waals surface area contributed by atoms with Gasteiger partial charge in [-0.2, -0.15) is 0 Å². The number of hydrogen-bond donors (Lipinski definition) is 1. The van der Waals surface area contributed by atoms with Crippen LogP contribution >= 0.6 is 0 Å². The Kier molecular flexibility index (Phi) is 3.53. The molecular weight excluding hydrogens is 234 g/mol. The van der Waals surface area contributed by atoms with Crippen LogP contribution in [0.5, 0.6) is 5.75 Å². The molecule has 1 aliphatic heterocycles. The van der Waals surface area contributed by atoms with Gasteiger partial charge in [0.2, 0.25) is 0 Å². The maximum absolute atomic E-state index is 6.11. The van der Waals surface area contributed by atoms with Crippen LogP contribution in [-0.4, -0.2) is 18.7 Å². The van der Waals surface area contributed by atoms with Gasteiger partial charge in [0, 0.05) is 12.5 Å². The second-order valence-electron chi connectivity index (χ2n) is 6.29. The summed E-state index contributed by atoms with van der Waals surface area (Å²) in [6.45, 7) is 5.72. The summed E-state index contributed by atoms with van der Waals surface area (Å²) in [7, 11) is 0. The molecule has 0 saturated heterocycles. The molecule has 2 atom stereocenters. The topological polar surface area (TPSA) is 21.3 Å². The van der Waals surface area contributed by atoms with Crippen molar-refractivity contribution in [2.75, 3.05) is 6.54 Å². The van der Waals surface area contributed by atoms with E-state index in [0.717, 1.165) is 18.7 Å². The van der Waals surface area contributed by atoms with E-state index in [4.69, 9.17) is 4.74 Å². The minimum atomic E-state index is 0.394. The smallest absolute Gasteiger partial charge is 0.123 e. The SMILES string of the molecule is CCCNC(C)C1(CC2Cc3ccccc3O2)CC1. The maximum Gasteiger partial charge on any atom is 0.123 e. The minimum absolute atomic E-state index is 0.394. The summed E-state index contributed by atoms with van der Waals surface area (Å²) < 4.78 is 6.11. The quantitative estimate of drug-likeness (QED) is 0.843. The Hall–Kier alpha value is -1.02. The molecule has 19 heavy (non-hydrogen) atoms. The second kappa shape index (κ2) is 5.16. The van der Waals surface area contributed by atoms with Gasteiger partial charge in [-0.25, -0.2) is 0 Å². The van der Waals surface area contributed by atoms with Gasteiger partial charge in [0.25, 0.3) is 0 Å². The predicted octanol–water partition coefficient (Wildman–Crippen LogP) is 3.55. The highest BCUT2D eigenvalue weighted by atomic mass is 16.5. The molecule has 2 heteroatoms. The average molecular weight is 259 g/mol. The van der Waals surface area contributed by atoms with Crippen LogP contribution in [0.4, 0.5) is 0 Å². The number of hydrogen-bond acceptors (Lipinski definition) is 2. The lowest BCUT2D eigenvalue weighted by Gasteiger charge is -2.27. The summed E-state index contributed by atoms with van der Waals surface area (Å²) >= 11 is 0. The molecule has 1 N–H and O–H groups in total. The minimum Gasteiger partial charge on any atom is -0.490 e. The molecule has 0 aromatic heterocycles. The van der Waals surface area contributed by atoms with Crippen molar-refractivity contribution in [2.45, 2.75) is 58.1 Å². The molecule has 104 valence electrons. The van der Waals surface area contributed by atoms with Crippen LogP contribution in [0.3, 0.4) is 0 Å². The maximum atomic E-state index is 6.11. The van der Waals surface area contributed by atoms with Gasteiger partial charge in [-0.15, -0.1) is 0 Å². The van der Waals surface area contributed by atoms with Crippen LogP contribution in [-0.2, 0) is 6.42 Å². The molecule has 1 fully saturated rings. The van der Waals surface area contributed by atoms with E-state index in [1.165, 1.54) is 31.2 Å². The van der Waals surface area contributed by atoms with E-state index in [9.17, 15) is 0 Å². The van der Waals surface area contributed by atoms with Crippen molar-refractivity contribution in [3.63, 3.8) is 0 Å². The fraction of sp³-hybridized carbons (Fsp3) is 0.647. The highest BCUT2D eigenvalue weighted by Gasteiger charge is 2.49. The molecule has 2 aliphatic rings. The highest BCUT2D eigenvalue weighted by Crippen LogP contribution is 2.53. The third-order valence-corrected chi connectivity index (χ3v) is 4.86. The van der Waals surface area contributed by atoms with Gasteiger partial charge in [-0.05, 0) is 56.2 Å². The Labute approximate surface area is 116 Å². The lowest BCUT2D eigenvalue weighted by atomic mass is 9.89. The highest BCUT2D eigenvalue weighted by molar-refractivity contribution is 5.37. The first-order chi connectivity index (χ1) is 9.23. The number of ether oxygens (including phenoxy) is 1. The Morgan fingerprint density at radius 1 is 1.37 bits per heavy atom. The lowest BCUT2D eigenvalue weighted by molar-refractivity contribution is 0.168. The van der Waals surface area contributed by atoms with Gasteiger partial charge in [0.15, 0.2) is 0 Å². The van der Waals surface area contributed by atoms with E-state index in [1.807, 2.05) is 0 Å². The van der Waals surface area contributed by atoms with E-state index in [0.29, 0.717) is 17.6 Å². The van der Waals surface area contributed by atoms with Crippen molar-refractivity contribution < 1.29 is 4.74 Å². The van der Waals surface area contributed by atoms with Crippen LogP contribution in [0.25, 0.3) is 0 Å². The van der Waals surface area contributed by atoms with Crippen LogP contribution < -0.4 is 10.1 Å². The summed E-state index contributed by atoms with van der Waals surface area (Å²) in [6.07, 6.45) is 6.64. The van der Waals surface area contributed by atoms with Gasteiger partial charge >= 0.3 is 0 Å². The molecule has 0 amide bonds. The van der Waals surface area contributed by atoms with Crippen molar-refractivity contribution in [1.82, 2.24) is 5.32 Å². The molecule has 1 heterocycles. The monoisotopic (exact) mass is 259 g/mol. The molecule has 1 saturated carbocycles. The molecular formula is C17H25NO. The van der Waals surface area contributed by atoms with Crippen LogP contribution in [0.1, 0.15) is 45.1 Å². The summed E-state index contributed by atoms with van der Waals surface area (Å²) in [4.78, 5) is 0. The second-order valence-corrected chi connectivity index (χ2v) is 6.29. The predicted molar refractivity (Wildman–Crippen MR) is 78.6 cm³/mol. The fourth-order valence-corrected chi connectivity index (χ4v) is 3.37. The summed E-state index contributed by atoms with van der Waals surface area (Å²) in [5, 5.41) is 3.67. The zero-order valence-corrected chi connectivity index (χ0v) is 12.1. The standard InChI is InChI=1S/C17H25NO/c1-3-10-18-13(2)17(8-9-17)12-15-11-14-6-4-5-7-16(14)19-15/h4-7,13,15,18H,3,8-12H2,1-2H3. The van der Waals surface area contributed by atoms with Gasteiger partial charge in [0.05, 0.1) is 0 Å². The zero-order chi connectivity index (χ0) is 13.3. The first-order valence-corrected chi connectivity index (χ1v) is 7.71. The Bertz CT molecular complexity index is 414. The molecule has 0 bridgehead atoms. The molecule has 0 radical (unpaired) electrons. The van der Waals surface area contributed by atoms with E-state index >= 15 is 0 Å². The number of fused-ring (bicyclic) bond motifs is 1. The van der Waals surface area contributed by atoms with Gasteiger partial charge in [-0.1, -0.05) is 25.1 Å². The van der Waals surface area contributed by atoms with E-state index < -0.39 is 0 Å². The first-order valence-electron chi connectivity index (χ1n) is 7.71. The van der Waals surface area contributed by atoms with Crippen molar-refractivity contribution >= 4 is 0 Å². The molecule has 1 aromatic rings. The molecule has 1 aromatic carbocycles. The molecule has 2 unspecified atom stereocenters. The molecule has 2 nitrogen and oxygen atoms in total. The number of nitrogens with one attached hydrogen (secondary N) is 1. The van der Waals surface area contributed by atoms with Crippen LogP contribution in [0.2, 0.25) is 0 Å². The van der Waals surface area contributed by atoms with Gasteiger partial charge in [0.1, 0.15) is 11.9 Å². The third-order valence-electron chi connectivity index (χ3n) is 4.86. The molecule has 3 rings (SSSR count). The fourth-order valence-electron chi connectivity index (χ4n) is 3.37. The molecule has 0 spiro atoms. The largest absolute Gasteiger partial charge is 0.490 e. The summed E-state index contributed by atoms with van der Waals surface area (Å²) in [5.74, 6) is 1.11. The zero-order valence-electron chi connectivity index (χ0n) is 12.1. The van der Waals surface area contributed by atoms with E-state index in [2.05, 4.69) is 43.4 Å². The summed E-state index contributed by atoms with van der Waals surface area (Å²) in [6, 6.07) is 9.11. The molecule has 1 aliphatic carbocycles. The Morgan fingerprint density at radius 2 is 2.16 bits per heavy atom. The Balaban J connectivity index is 1.58. The lowest BCUT2D eigenvalue weighted by Crippen LogP contribution is -2.38. The van der Waals surface area contributed by atoms with Crippen molar-refractivity contribution in [2.24, 2.45) is 5.41 Å². The summed E-state index contributed by atoms with van der Waals surface area (Å²) in [5.41, 5.74) is 1.89. The van der Waals surface area contributed by atoms with Crippen molar-refractivity contribution in [3.8, 4) is 5.75 Å². The number of rotatable bonds is 6. The Morgan fingerprint density at radius 3 is 2.84 bits per heavy atom. The third kappa shape index (κ3) is 2.64. The van der Waals surface area contributed by atoms with Gasteiger partial charge < -0.3 is 10.1 Å². The number of para-hydroxylation sites is 1. The van der Waals surface area contributed by atoms with E-state index in [-0.39, 0.29) is 0 Å². The van der Waals surface area contributed by atoms with Crippen molar-refractivity contribution in [3.05, 3.63) is 29.8 Å². The number of benzene rings is 1.